The highest BCUT2D eigenvalue weighted by Crippen LogP contribution is 2.43. The molecule has 4 fully saturated rings. The lowest BCUT2D eigenvalue weighted by molar-refractivity contribution is -0.0440. The standard InChI is InChI=1S/C35H47FN4O3S/c1-4-27-22-30(19-23(2)39(27)29-13-17-43-18-14-29)38-15-11-24(12-16-38)26-20-32(36)34-33(21-26)40(28-7-8-28)35(37-34)25-5-9-31(10-6-25)44(3,41)42/h5-6,9-10,20-21,23-24,27-30H,4,7-8,11-19,22H2,1-3H3. The highest BCUT2D eigenvalue weighted by Gasteiger charge is 2.40. The maximum Gasteiger partial charge on any atom is 0.175 e. The first-order valence-corrected chi connectivity index (χ1v) is 18.7. The van der Waals surface area contributed by atoms with E-state index in [1.54, 1.807) is 30.3 Å². The number of benzene rings is 2. The van der Waals surface area contributed by atoms with Crippen molar-refractivity contribution in [2.45, 2.75) is 113 Å². The second-order valence-corrected chi connectivity index (χ2v) is 15.9. The van der Waals surface area contributed by atoms with E-state index in [1.165, 1.54) is 25.5 Å². The highest BCUT2D eigenvalue weighted by atomic mass is 32.2. The van der Waals surface area contributed by atoms with Crippen LogP contribution in [0.15, 0.2) is 41.3 Å². The second-order valence-electron chi connectivity index (χ2n) is 13.8. The number of hydrogen-bond donors (Lipinski definition) is 0. The largest absolute Gasteiger partial charge is 0.381 e. The fourth-order valence-corrected chi connectivity index (χ4v) is 9.12. The predicted molar refractivity (Wildman–Crippen MR) is 172 cm³/mol. The number of fused-ring (bicyclic) bond motifs is 1. The van der Waals surface area contributed by atoms with Gasteiger partial charge >= 0.3 is 0 Å². The van der Waals surface area contributed by atoms with Gasteiger partial charge < -0.3 is 14.2 Å². The first-order chi connectivity index (χ1) is 21.2. The molecule has 0 bridgehead atoms. The summed E-state index contributed by atoms with van der Waals surface area (Å²) in [6.45, 7) is 8.71. The van der Waals surface area contributed by atoms with Crippen molar-refractivity contribution < 1.29 is 17.5 Å². The maximum absolute atomic E-state index is 15.7. The van der Waals surface area contributed by atoms with Gasteiger partial charge in [-0.05, 0) is 126 Å². The molecule has 1 saturated carbocycles. The summed E-state index contributed by atoms with van der Waals surface area (Å²) in [5, 5.41) is 0. The smallest absolute Gasteiger partial charge is 0.175 e. The van der Waals surface area contributed by atoms with Crippen molar-refractivity contribution in [3.05, 3.63) is 47.8 Å². The minimum absolute atomic E-state index is 0.256. The minimum atomic E-state index is -3.29. The molecular formula is C35H47FN4O3S. The van der Waals surface area contributed by atoms with Crippen molar-refractivity contribution in [1.29, 1.82) is 0 Å². The van der Waals surface area contributed by atoms with Gasteiger partial charge in [0, 0.05) is 55.2 Å². The molecule has 44 heavy (non-hydrogen) atoms. The first kappa shape index (κ1) is 30.3. The van der Waals surface area contributed by atoms with Crippen LogP contribution in [-0.4, -0.2) is 84.5 Å². The normalized spacial score (nSPS) is 26.9. The Morgan fingerprint density at radius 1 is 0.932 bits per heavy atom. The molecule has 7 nitrogen and oxygen atoms in total. The van der Waals surface area contributed by atoms with Gasteiger partial charge in [-0.3, -0.25) is 4.90 Å². The molecular weight excluding hydrogens is 575 g/mol. The molecule has 4 aliphatic rings. The van der Waals surface area contributed by atoms with Crippen LogP contribution in [0.4, 0.5) is 4.39 Å². The Bertz CT molecular complexity index is 1590. The van der Waals surface area contributed by atoms with E-state index < -0.39 is 9.84 Å². The molecule has 2 aromatic carbocycles. The number of aromatic nitrogens is 2. The van der Waals surface area contributed by atoms with E-state index >= 15 is 4.39 Å². The average molecular weight is 623 g/mol. The Hall–Kier alpha value is -2.33. The molecule has 3 saturated heterocycles. The Morgan fingerprint density at radius 2 is 1.64 bits per heavy atom. The van der Waals surface area contributed by atoms with Gasteiger partial charge in [0.2, 0.25) is 0 Å². The molecule has 1 aliphatic carbocycles. The van der Waals surface area contributed by atoms with Gasteiger partial charge in [-0.1, -0.05) is 6.92 Å². The molecule has 3 aromatic rings. The maximum atomic E-state index is 15.7. The van der Waals surface area contributed by atoms with Crippen LogP contribution in [0.25, 0.3) is 22.4 Å². The molecule has 0 spiro atoms. The molecule has 0 N–H and O–H groups in total. The summed E-state index contributed by atoms with van der Waals surface area (Å²) in [4.78, 5) is 10.6. The van der Waals surface area contributed by atoms with Crippen LogP contribution < -0.4 is 0 Å². The van der Waals surface area contributed by atoms with Gasteiger partial charge in [0.15, 0.2) is 15.7 Å². The number of ether oxygens (including phenoxy) is 1. The third-order valence-corrected chi connectivity index (χ3v) is 12.0. The van der Waals surface area contributed by atoms with Gasteiger partial charge in [-0.15, -0.1) is 0 Å². The molecule has 3 unspecified atom stereocenters. The quantitative estimate of drug-likeness (QED) is 0.297. The number of piperidine rings is 2. The molecule has 0 radical (unpaired) electrons. The van der Waals surface area contributed by atoms with Gasteiger partial charge in [-0.25, -0.2) is 17.8 Å². The summed E-state index contributed by atoms with van der Waals surface area (Å²) in [7, 11) is -3.29. The number of imidazole rings is 1. The highest BCUT2D eigenvalue weighted by molar-refractivity contribution is 7.90. The topological polar surface area (TPSA) is 67.7 Å². The van der Waals surface area contributed by atoms with Crippen LogP contribution in [0.1, 0.15) is 89.2 Å². The SMILES string of the molecule is CCC1CC(N2CCC(c3cc(F)c4nc(-c5ccc(S(C)(=O)=O)cc5)n(C5CC5)c4c3)CC2)CC(C)N1C1CCOCC1. The molecule has 3 atom stereocenters. The lowest BCUT2D eigenvalue weighted by Crippen LogP contribution is -2.58. The zero-order valence-corrected chi connectivity index (χ0v) is 27.2. The van der Waals surface area contributed by atoms with E-state index in [9.17, 15) is 8.42 Å². The van der Waals surface area contributed by atoms with Crippen molar-refractivity contribution >= 4 is 20.9 Å². The Balaban J connectivity index is 1.08. The van der Waals surface area contributed by atoms with Gasteiger partial charge in [0.05, 0.1) is 10.4 Å². The molecule has 4 heterocycles. The predicted octanol–water partition coefficient (Wildman–Crippen LogP) is 6.57. The molecule has 0 amide bonds. The number of hydrogen-bond acceptors (Lipinski definition) is 6. The van der Waals surface area contributed by atoms with Crippen molar-refractivity contribution in [2.24, 2.45) is 0 Å². The third kappa shape index (κ3) is 5.85. The number of nitrogens with zero attached hydrogens (tertiary/aromatic N) is 4. The minimum Gasteiger partial charge on any atom is -0.381 e. The van der Waals surface area contributed by atoms with Crippen LogP contribution in [0.2, 0.25) is 0 Å². The summed E-state index contributed by atoms with van der Waals surface area (Å²) >= 11 is 0. The van der Waals surface area contributed by atoms with E-state index in [1.807, 2.05) is 0 Å². The average Bonchev–Trinajstić information content (AvgIpc) is 3.79. The number of rotatable bonds is 7. The van der Waals surface area contributed by atoms with Crippen LogP contribution in [-0.2, 0) is 14.6 Å². The van der Waals surface area contributed by atoms with Crippen molar-refractivity contribution in [3.8, 4) is 11.4 Å². The van der Waals surface area contributed by atoms with E-state index in [0.717, 1.165) is 87.3 Å². The van der Waals surface area contributed by atoms with E-state index in [4.69, 9.17) is 9.72 Å². The van der Waals surface area contributed by atoms with Crippen molar-refractivity contribution in [1.82, 2.24) is 19.4 Å². The lowest BCUT2D eigenvalue weighted by Gasteiger charge is -2.51. The second kappa shape index (κ2) is 12.1. The van der Waals surface area contributed by atoms with Crippen LogP contribution in [0, 0.1) is 5.82 Å². The molecule has 7 rings (SSSR count). The van der Waals surface area contributed by atoms with Gasteiger partial charge in [0.25, 0.3) is 0 Å². The fraction of sp³-hybridized carbons (Fsp3) is 0.629. The number of likely N-dealkylation sites (tertiary alicyclic amines) is 2. The zero-order valence-electron chi connectivity index (χ0n) is 26.4. The molecule has 1 aromatic heterocycles. The Labute approximate surface area is 261 Å². The summed E-state index contributed by atoms with van der Waals surface area (Å²) in [6.07, 6.45) is 11.4. The van der Waals surface area contributed by atoms with E-state index in [-0.39, 0.29) is 10.7 Å². The van der Waals surface area contributed by atoms with E-state index in [0.29, 0.717) is 41.6 Å². The first-order valence-electron chi connectivity index (χ1n) is 16.8. The number of sulfone groups is 1. The summed E-state index contributed by atoms with van der Waals surface area (Å²) in [6, 6.07) is 13.6. The summed E-state index contributed by atoms with van der Waals surface area (Å²) in [5.74, 6) is 0.806. The van der Waals surface area contributed by atoms with Crippen LogP contribution in [0.5, 0.6) is 0 Å². The molecule has 9 heteroatoms. The van der Waals surface area contributed by atoms with Crippen molar-refractivity contribution in [3.63, 3.8) is 0 Å². The lowest BCUT2D eigenvalue weighted by atomic mass is 9.84. The number of halogens is 1. The Morgan fingerprint density at radius 3 is 2.27 bits per heavy atom. The van der Waals surface area contributed by atoms with Gasteiger partial charge in [-0.2, -0.15) is 0 Å². The van der Waals surface area contributed by atoms with Crippen molar-refractivity contribution in [2.75, 3.05) is 32.6 Å². The zero-order chi connectivity index (χ0) is 30.6. The molecule has 3 aliphatic heterocycles. The monoisotopic (exact) mass is 622 g/mol. The summed E-state index contributed by atoms with van der Waals surface area (Å²) < 4.78 is 47.6. The Kier molecular flexibility index (Phi) is 8.35. The fourth-order valence-electron chi connectivity index (χ4n) is 8.49. The van der Waals surface area contributed by atoms with Crippen LogP contribution >= 0.6 is 0 Å². The van der Waals surface area contributed by atoms with E-state index in [2.05, 4.69) is 34.3 Å². The third-order valence-electron chi connectivity index (χ3n) is 10.9. The summed E-state index contributed by atoms with van der Waals surface area (Å²) in [5.41, 5.74) is 3.19. The molecule has 238 valence electrons. The van der Waals surface area contributed by atoms with Gasteiger partial charge in [0.1, 0.15) is 11.3 Å². The van der Waals surface area contributed by atoms with Crippen LogP contribution in [0.3, 0.4) is 0 Å².